The number of nitrogens with one attached hydrogen (secondary N) is 1. The van der Waals surface area contributed by atoms with E-state index in [1.807, 2.05) is 0 Å². The number of nitrogens with zero attached hydrogens (tertiary/aromatic N) is 1. The van der Waals surface area contributed by atoms with Crippen LogP contribution in [-0.4, -0.2) is 44.8 Å². The molecule has 0 aliphatic carbocycles. The molecule has 10 heteroatoms. The maximum Gasteiger partial charge on any atom is 0.350 e. The highest BCUT2D eigenvalue weighted by Gasteiger charge is 2.29. The number of esters is 1. The summed E-state index contributed by atoms with van der Waals surface area (Å²) < 4.78 is 31.9. The molecule has 28 heavy (non-hydrogen) atoms. The summed E-state index contributed by atoms with van der Waals surface area (Å²) >= 11 is 7.27. The topological polar surface area (TPSA) is 92.8 Å². The standard InChI is InChI=1S/C18H19ClN2O5S2/c1-26-18(23)16-14(7-10-27-16)20-17(22)12-5-6-13(19)15(11-12)28(24,25)21-8-3-2-4-9-21/h5-7,10-11H,2-4,8-9H2,1H3,(H,20,22). The van der Waals surface area contributed by atoms with Crippen molar-refractivity contribution in [2.45, 2.75) is 24.2 Å². The number of rotatable bonds is 5. The van der Waals surface area contributed by atoms with Crippen LogP contribution in [0.25, 0.3) is 0 Å². The molecule has 3 rings (SSSR count). The van der Waals surface area contributed by atoms with Crippen molar-refractivity contribution in [3.8, 4) is 0 Å². The van der Waals surface area contributed by atoms with Crippen LogP contribution >= 0.6 is 22.9 Å². The van der Waals surface area contributed by atoms with Crippen molar-refractivity contribution in [1.29, 1.82) is 0 Å². The van der Waals surface area contributed by atoms with Crippen molar-refractivity contribution in [3.63, 3.8) is 0 Å². The summed E-state index contributed by atoms with van der Waals surface area (Å²) in [5, 5.41) is 4.33. The Balaban J connectivity index is 1.88. The number of ether oxygens (including phenoxy) is 1. The Labute approximate surface area is 172 Å². The zero-order valence-electron chi connectivity index (χ0n) is 15.1. The number of piperidine rings is 1. The largest absolute Gasteiger partial charge is 0.465 e. The third-order valence-electron chi connectivity index (χ3n) is 4.41. The summed E-state index contributed by atoms with van der Waals surface area (Å²) in [5.74, 6) is -1.11. The van der Waals surface area contributed by atoms with Gasteiger partial charge in [-0.2, -0.15) is 4.31 Å². The van der Waals surface area contributed by atoms with Crippen LogP contribution in [0.3, 0.4) is 0 Å². The zero-order valence-corrected chi connectivity index (χ0v) is 17.5. The van der Waals surface area contributed by atoms with E-state index in [9.17, 15) is 18.0 Å². The molecule has 1 aromatic heterocycles. The fourth-order valence-electron chi connectivity index (χ4n) is 2.94. The molecule has 1 N–H and O–H groups in total. The first kappa shape index (κ1) is 20.8. The summed E-state index contributed by atoms with van der Waals surface area (Å²) in [4.78, 5) is 24.5. The predicted molar refractivity (Wildman–Crippen MR) is 108 cm³/mol. The number of carbonyl (C=O) groups is 2. The maximum absolute atomic E-state index is 12.9. The van der Waals surface area contributed by atoms with Crippen LogP contribution in [0.5, 0.6) is 0 Å². The van der Waals surface area contributed by atoms with E-state index in [1.165, 1.54) is 29.6 Å². The Morgan fingerprint density at radius 3 is 2.57 bits per heavy atom. The van der Waals surface area contributed by atoms with Crippen LogP contribution in [-0.2, 0) is 14.8 Å². The highest BCUT2D eigenvalue weighted by Crippen LogP contribution is 2.29. The molecule has 1 aliphatic heterocycles. The fraction of sp³-hybridized carbons (Fsp3) is 0.333. The number of thiophene rings is 1. The lowest BCUT2D eigenvalue weighted by molar-refractivity contribution is 0.0607. The van der Waals surface area contributed by atoms with Gasteiger partial charge in [0.15, 0.2) is 0 Å². The maximum atomic E-state index is 12.9. The minimum atomic E-state index is -3.79. The molecule has 0 spiro atoms. The number of sulfonamides is 1. The fourth-order valence-corrected chi connectivity index (χ4v) is 5.72. The van der Waals surface area contributed by atoms with Gasteiger partial charge in [-0.15, -0.1) is 11.3 Å². The molecule has 1 fully saturated rings. The minimum absolute atomic E-state index is 0.0629. The molecule has 2 aromatic rings. The summed E-state index contributed by atoms with van der Waals surface area (Å²) in [6.07, 6.45) is 2.59. The number of hydrogen-bond acceptors (Lipinski definition) is 6. The van der Waals surface area contributed by atoms with Crippen LogP contribution in [0.1, 0.15) is 39.3 Å². The van der Waals surface area contributed by atoms with Crippen molar-refractivity contribution in [1.82, 2.24) is 4.31 Å². The predicted octanol–water partition coefficient (Wildman–Crippen LogP) is 3.62. The van der Waals surface area contributed by atoms with Gasteiger partial charge in [0, 0.05) is 18.7 Å². The van der Waals surface area contributed by atoms with Gasteiger partial charge in [-0.25, -0.2) is 13.2 Å². The SMILES string of the molecule is COC(=O)c1sccc1NC(=O)c1ccc(Cl)c(S(=O)(=O)N2CCCCC2)c1. The second-order valence-corrected chi connectivity index (χ2v) is 9.45. The van der Waals surface area contributed by atoms with E-state index < -0.39 is 21.9 Å². The van der Waals surface area contributed by atoms with Gasteiger partial charge in [0.2, 0.25) is 10.0 Å². The van der Waals surface area contributed by atoms with Crippen molar-refractivity contribution in [3.05, 3.63) is 45.1 Å². The van der Waals surface area contributed by atoms with Crippen LogP contribution in [0.15, 0.2) is 34.5 Å². The van der Waals surface area contributed by atoms with E-state index in [4.69, 9.17) is 11.6 Å². The quantitative estimate of drug-likeness (QED) is 0.714. The second-order valence-electron chi connectivity index (χ2n) is 6.22. The first-order valence-corrected chi connectivity index (χ1v) is 11.3. The molecule has 0 bridgehead atoms. The van der Waals surface area contributed by atoms with E-state index in [1.54, 1.807) is 11.4 Å². The van der Waals surface area contributed by atoms with E-state index in [-0.39, 0.29) is 20.4 Å². The molecule has 0 unspecified atom stereocenters. The van der Waals surface area contributed by atoms with Gasteiger partial charge in [0.1, 0.15) is 9.77 Å². The molecule has 0 atom stereocenters. The van der Waals surface area contributed by atoms with E-state index in [2.05, 4.69) is 10.1 Å². The third-order valence-corrected chi connectivity index (χ3v) is 7.69. The van der Waals surface area contributed by atoms with Crippen molar-refractivity contribution < 1.29 is 22.7 Å². The Hall–Kier alpha value is -1.94. The first-order valence-electron chi connectivity index (χ1n) is 8.61. The Morgan fingerprint density at radius 2 is 1.89 bits per heavy atom. The number of anilines is 1. The highest BCUT2D eigenvalue weighted by atomic mass is 35.5. The van der Waals surface area contributed by atoms with Crippen LogP contribution in [0, 0.1) is 0 Å². The lowest BCUT2D eigenvalue weighted by Crippen LogP contribution is -2.35. The van der Waals surface area contributed by atoms with Gasteiger partial charge in [0.05, 0.1) is 17.8 Å². The number of benzene rings is 1. The molecular weight excluding hydrogens is 424 g/mol. The molecule has 1 aliphatic rings. The summed E-state index contributed by atoms with van der Waals surface area (Å²) in [7, 11) is -2.53. The second kappa shape index (κ2) is 8.60. The summed E-state index contributed by atoms with van der Waals surface area (Å²) in [6, 6.07) is 5.68. The molecule has 1 saturated heterocycles. The molecule has 2 heterocycles. The van der Waals surface area contributed by atoms with Gasteiger partial charge < -0.3 is 10.1 Å². The molecule has 150 valence electrons. The molecule has 7 nitrogen and oxygen atoms in total. The highest BCUT2D eigenvalue weighted by molar-refractivity contribution is 7.89. The average molecular weight is 443 g/mol. The van der Waals surface area contributed by atoms with Crippen LogP contribution in [0.4, 0.5) is 5.69 Å². The molecule has 1 aromatic carbocycles. The average Bonchev–Trinajstić information content (AvgIpc) is 3.16. The van der Waals surface area contributed by atoms with Crippen LogP contribution < -0.4 is 5.32 Å². The van der Waals surface area contributed by atoms with Gasteiger partial charge in [-0.3, -0.25) is 4.79 Å². The van der Waals surface area contributed by atoms with E-state index >= 15 is 0 Å². The lowest BCUT2D eigenvalue weighted by atomic mass is 10.2. The monoisotopic (exact) mass is 442 g/mol. The number of methoxy groups -OCH3 is 1. The first-order chi connectivity index (χ1) is 13.3. The van der Waals surface area contributed by atoms with E-state index in [0.717, 1.165) is 30.6 Å². The van der Waals surface area contributed by atoms with Crippen molar-refractivity contribution >= 4 is 50.5 Å². The van der Waals surface area contributed by atoms with Gasteiger partial charge >= 0.3 is 5.97 Å². The Morgan fingerprint density at radius 1 is 1.18 bits per heavy atom. The normalized spacial score (nSPS) is 15.2. The van der Waals surface area contributed by atoms with E-state index in [0.29, 0.717) is 18.8 Å². The lowest BCUT2D eigenvalue weighted by Gasteiger charge is -2.26. The third kappa shape index (κ3) is 4.22. The number of hydrogen-bond donors (Lipinski definition) is 1. The van der Waals surface area contributed by atoms with Gasteiger partial charge in [0.25, 0.3) is 5.91 Å². The number of amides is 1. The molecule has 0 radical (unpaired) electrons. The molecule has 1 amide bonds. The van der Waals surface area contributed by atoms with Gasteiger partial charge in [-0.05, 0) is 42.5 Å². The number of halogens is 1. The number of carbonyl (C=O) groups excluding carboxylic acids is 2. The van der Waals surface area contributed by atoms with Gasteiger partial charge in [-0.1, -0.05) is 18.0 Å². The Bertz CT molecular complexity index is 997. The van der Waals surface area contributed by atoms with Crippen molar-refractivity contribution in [2.75, 3.05) is 25.5 Å². The molecular formula is C18H19ClN2O5S2. The van der Waals surface area contributed by atoms with Crippen molar-refractivity contribution in [2.24, 2.45) is 0 Å². The zero-order chi connectivity index (χ0) is 20.3. The summed E-state index contributed by atoms with van der Waals surface area (Å²) in [5.41, 5.74) is 0.430. The summed E-state index contributed by atoms with van der Waals surface area (Å²) in [6.45, 7) is 0.874. The van der Waals surface area contributed by atoms with Crippen LogP contribution in [0.2, 0.25) is 5.02 Å². The smallest absolute Gasteiger partial charge is 0.350 e. The minimum Gasteiger partial charge on any atom is -0.465 e. The Kier molecular flexibility index (Phi) is 6.39. The molecule has 0 saturated carbocycles.